The first kappa shape index (κ1) is 71.8. The number of benzene rings is 6. The molecule has 0 radical (unpaired) electrons. The van der Waals surface area contributed by atoms with Crippen LogP contribution in [0.4, 0.5) is 45.8 Å². The number of nitrogens with one attached hydrogen (secondary N) is 3. The molecule has 1 aromatic heterocycles. The molecule has 0 atom stereocenters. The monoisotopic (exact) mass is 1230 g/mol. The van der Waals surface area contributed by atoms with Gasteiger partial charge in [-0.3, -0.25) is 9.97 Å². The third kappa shape index (κ3) is 19.4. The fourth-order valence-corrected chi connectivity index (χ4v) is 11.1. The summed E-state index contributed by atoms with van der Waals surface area (Å²) in [6, 6.07) is 21.7. The molecule has 0 aliphatic heterocycles. The Hall–Kier alpha value is -2.31. The molecule has 6 aromatic carbocycles. The summed E-state index contributed by atoms with van der Waals surface area (Å²) in [5.74, 6) is -2.54. The van der Waals surface area contributed by atoms with Crippen molar-refractivity contribution in [2.45, 2.75) is 31.4 Å². The summed E-state index contributed by atoms with van der Waals surface area (Å²) >= 11 is 0. The van der Waals surface area contributed by atoms with E-state index in [1.54, 1.807) is 6.92 Å². The van der Waals surface area contributed by atoms with Gasteiger partial charge in [0.25, 0.3) is 0 Å². The fraction of sp³-hybridized carbons (Fsp3) is 0.0750. The van der Waals surface area contributed by atoms with E-state index in [0.717, 1.165) is 30.3 Å². The summed E-state index contributed by atoms with van der Waals surface area (Å²) in [6.45, 7) is 1.59. The van der Waals surface area contributed by atoms with Crippen LogP contribution >= 0.6 is 0 Å². The van der Waals surface area contributed by atoms with E-state index in [-0.39, 0.29) is 199 Å². The van der Waals surface area contributed by atoms with Crippen molar-refractivity contribution < 1.29 is 221 Å². The Labute approximate surface area is 555 Å². The average molecular weight is 1230 g/mol. The first-order chi connectivity index (χ1) is 33.9. The Morgan fingerprint density at radius 2 is 1.03 bits per heavy atom. The number of aryl methyl sites for hydroxylation is 1. The normalized spacial score (nSPS) is 12.7. The number of azo groups is 2. The topological polar surface area (TPSA) is 451 Å². The zero-order valence-electron chi connectivity index (χ0n) is 41.4. The molecule has 1 heterocycles. The number of fused-ring (bicyclic) bond motifs is 1. The third-order valence-electron chi connectivity index (χ3n) is 9.77. The molecule has 38 heteroatoms. The molecule has 0 spiro atoms. The second-order valence-corrected chi connectivity index (χ2v) is 24.0. The van der Waals surface area contributed by atoms with Crippen molar-refractivity contribution in [1.29, 1.82) is 0 Å². The summed E-state index contributed by atoms with van der Waals surface area (Å²) in [5.41, 5.74) is -1.21. The quantitative estimate of drug-likeness (QED) is 0.0459. The number of aromatic amines is 2. The average Bonchev–Trinajstić information content (AvgIpc) is 3.28. The van der Waals surface area contributed by atoms with Crippen LogP contribution in [0.3, 0.4) is 0 Å². The van der Waals surface area contributed by atoms with E-state index >= 15 is 0 Å². The van der Waals surface area contributed by atoms with E-state index < -0.39 is 113 Å². The van der Waals surface area contributed by atoms with E-state index in [1.807, 2.05) is 0 Å². The molecule has 0 amide bonds. The number of nitrogens with zero attached hydrogens (tertiary/aromatic N) is 7. The number of hydrogen-bond acceptors (Lipinski definition) is 25. The van der Waals surface area contributed by atoms with Gasteiger partial charge in [0.05, 0.1) is 74.5 Å². The van der Waals surface area contributed by atoms with Crippen molar-refractivity contribution in [1.82, 2.24) is 15.0 Å². The van der Waals surface area contributed by atoms with Gasteiger partial charge in [-0.2, -0.15) is 10.1 Å². The molecule has 7 rings (SSSR count). The molecule has 78 heavy (non-hydrogen) atoms. The summed E-state index contributed by atoms with van der Waals surface area (Å²) in [6.07, 6.45) is 0. The van der Waals surface area contributed by atoms with Crippen LogP contribution in [0.5, 0.6) is 0 Å². The number of anilines is 2. The minimum atomic E-state index is -5.36. The van der Waals surface area contributed by atoms with Crippen molar-refractivity contribution in [2.75, 3.05) is 16.8 Å². The van der Waals surface area contributed by atoms with Gasteiger partial charge in [-0.05, 0) is 103 Å². The maximum Gasteiger partial charge on any atom is 1.00 e. The number of hydrogen-bond donors (Lipinski definition) is 3. The van der Waals surface area contributed by atoms with Gasteiger partial charge in [0.2, 0.25) is 17.2 Å². The van der Waals surface area contributed by atoms with Gasteiger partial charge in [-0.25, -0.2) is 60.5 Å². The van der Waals surface area contributed by atoms with E-state index in [0.29, 0.717) is 23.8 Å². The molecule has 0 aliphatic carbocycles. The molecule has 0 saturated heterocycles. The molecule has 0 aliphatic rings. The van der Waals surface area contributed by atoms with Crippen LogP contribution in [0.25, 0.3) is 10.8 Å². The van der Waals surface area contributed by atoms with Crippen molar-refractivity contribution in [3.63, 3.8) is 0 Å². The molecule has 3 N–H and O–H groups in total. The van der Waals surface area contributed by atoms with Crippen LogP contribution < -0.4 is 164 Å². The Balaban J connectivity index is 0.00000416. The van der Waals surface area contributed by atoms with Crippen LogP contribution in [0.2, 0.25) is 0 Å². The number of sulfone groups is 1. The number of aromatic nitrogens is 3. The summed E-state index contributed by atoms with van der Waals surface area (Å²) < 4.78 is 203. The maximum absolute atomic E-state index is 12.9. The van der Waals surface area contributed by atoms with Crippen molar-refractivity contribution >= 4 is 117 Å². The van der Waals surface area contributed by atoms with E-state index in [9.17, 15) is 73.3 Å². The van der Waals surface area contributed by atoms with Crippen LogP contribution in [0, 0.1) is 6.92 Å². The van der Waals surface area contributed by atoms with Gasteiger partial charge < -0.3 is 28.1 Å². The zero-order valence-corrected chi connectivity index (χ0v) is 56.3. The number of rotatable bonds is 16. The van der Waals surface area contributed by atoms with E-state index in [4.69, 9.17) is 0 Å². The third-order valence-corrected chi connectivity index (χ3v) is 15.9. The second-order valence-electron chi connectivity index (χ2n) is 14.9. The van der Waals surface area contributed by atoms with Crippen molar-refractivity contribution in [2.24, 2.45) is 30.4 Å². The van der Waals surface area contributed by atoms with Gasteiger partial charge in [0.15, 0.2) is 9.84 Å². The molecule has 7 aromatic rings. The van der Waals surface area contributed by atoms with Crippen LogP contribution in [0.1, 0.15) is 5.56 Å². The molecule has 0 unspecified atom stereocenters. The Kier molecular flexibility index (Phi) is 26.5. The predicted octanol–water partition coefficient (Wildman–Crippen LogP) is -10.8. The Bertz CT molecular complexity index is 4340. The summed E-state index contributed by atoms with van der Waals surface area (Å²) in [5, 5.41) is 19.6. The largest absolute Gasteiger partial charge is 1.00 e. The van der Waals surface area contributed by atoms with Crippen LogP contribution in [0.15, 0.2) is 170 Å². The van der Waals surface area contributed by atoms with E-state index in [1.165, 1.54) is 66.7 Å². The molecular formula is C40H29N10Na5O17S6. The van der Waals surface area contributed by atoms with Gasteiger partial charge in [0.1, 0.15) is 46.2 Å². The maximum atomic E-state index is 12.9. The Morgan fingerprint density at radius 1 is 0.474 bits per heavy atom. The SMILES string of the molecule is Cc1cc(Nc2nc(=Nc3cccc(S(=O)(=O)CCS(=O)(=O)[O-])c3)[nH]c(=Nc3cc(S(=O)(=O)[O-])ccc3S(=O)(=O)[O-])[nH]2)ccc1N=Nc1ccc(N=Nc2ccccc2S(=O)(=O)[O-])c2ccc(S(=O)(=O)[O-])cc12.[Na+].[Na+].[Na+].[Na+].[Na+]. The first-order valence-corrected chi connectivity index (χ1v) is 28.7. The van der Waals surface area contributed by atoms with Gasteiger partial charge in [-0.15, -0.1) is 15.3 Å². The molecule has 27 nitrogen and oxygen atoms in total. The van der Waals surface area contributed by atoms with Crippen LogP contribution in [-0.4, -0.2) is 99.7 Å². The van der Waals surface area contributed by atoms with Gasteiger partial charge >= 0.3 is 148 Å². The summed E-state index contributed by atoms with van der Waals surface area (Å²) in [4.78, 5) is 14.0. The van der Waals surface area contributed by atoms with Crippen molar-refractivity contribution in [3.05, 3.63) is 132 Å². The van der Waals surface area contributed by atoms with Crippen LogP contribution in [-0.2, 0) is 60.4 Å². The number of H-pyrrole nitrogens is 2. The fourth-order valence-electron chi connectivity index (χ4n) is 6.42. The molecule has 0 bridgehead atoms. The predicted molar refractivity (Wildman–Crippen MR) is 248 cm³/mol. The first-order valence-electron chi connectivity index (χ1n) is 19.8. The smallest absolute Gasteiger partial charge is 0.748 e. The molecule has 0 fully saturated rings. The van der Waals surface area contributed by atoms with Gasteiger partial charge in [-0.1, -0.05) is 24.3 Å². The Morgan fingerprint density at radius 3 is 1.63 bits per heavy atom. The standard InChI is InChI=1S/C40H34N10O17S6.5Na/c1-23-19-25(9-13-31(23)47-49-33-15-14-32(29-12-10-27(21-30(29)33)70(56,57)58)48-50-34-7-2-3-8-36(34)72(62,63)64)42-39-44-38(41-24-5-4-6-26(20-24)68(51,52)17-18-69(53,54)55)45-40(46-39)43-35-22-28(71(59,60)61)11-16-37(35)73(65,66)67;;;;;/h2-16,19-22H,17-18H2,1H3,(H,53,54,55)(H,56,57,58)(H,59,60,61)(H,62,63,64)(H,65,66,67)(H3,41,42,43,44,45,46);;;;;/q;5*+1/p-5. The second kappa shape index (κ2) is 28.8. The van der Waals surface area contributed by atoms with Gasteiger partial charge in [0, 0.05) is 16.5 Å². The van der Waals surface area contributed by atoms with Crippen molar-refractivity contribution in [3.8, 4) is 0 Å². The van der Waals surface area contributed by atoms with E-state index in [2.05, 4.69) is 50.7 Å². The molecule has 382 valence electrons. The zero-order chi connectivity index (χ0) is 53.3. The summed E-state index contributed by atoms with van der Waals surface area (Å²) in [7, 11) is -29.8. The molecular weight excluding hydrogens is 1200 g/mol. The minimum absolute atomic E-state index is 0. The molecule has 0 saturated carbocycles. The minimum Gasteiger partial charge on any atom is -0.748 e.